The smallest absolute Gasteiger partial charge is 0.0284 e. The van der Waals surface area contributed by atoms with E-state index in [1.807, 2.05) is 0 Å². The van der Waals surface area contributed by atoms with E-state index >= 15 is 0 Å². The molecule has 0 aliphatic heterocycles. The minimum Gasteiger partial charge on any atom is -0.169 e. The average molecular weight is 269 g/mol. The van der Waals surface area contributed by atoms with Gasteiger partial charge in [0.1, 0.15) is 0 Å². The molecular weight excluding hydrogens is 236 g/mol. The molecule has 1 rings (SSSR count). The monoisotopic (exact) mass is 268 g/mol. The van der Waals surface area contributed by atoms with E-state index in [1.165, 1.54) is 56.9 Å². The predicted molar refractivity (Wildman–Crippen MR) is 86.4 cm³/mol. The zero-order valence-corrected chi connectivity index (χ0v) is 13.8. The van der Waals surface area contributed by atoms with Gasteiger partial charge >= 0.3 is 0 Å². The van der Waals surface area contributed by atoms with Gasteiger partial charge in [-0.15, -0.1) is 0 Å². The largest absolute Gasteiger partial charge is 0.169 e. The first kappa shape index (κ1) is 16.1. The summed E-state index contributed by atoms with van der Waals surface area (Å²) in [5.41, 5.74) is 1.77. The Morgan fingerprint density at radius 1 is 1.17 bits per heavy atom. The Hall–Kier alpha value is 0.0900. The molecule has 18 heavy (non-hydrogen) atoms. The standard InChI is InChI=1S/C17H32S/c1-6-15(7-2)13-17(11-9-8-10-12-17)14(3)16(4,5)18/h15,18H,3,6-13H2,1-2,4-5H3. The molecule has 0 amide bonds. The Bertz CT molecular complexity index is 262. The van der Waals surface area contributed by atoms with E-state index in [2.05, 4.69) is 34.3 Å². The summed E-state index contributed by atoms with van der Waals surface area (Å²) in [6, 6.07) is 0. The molecule has 0 spiro atoms. The van der Waals surface area contributed by atoms with Crippen LogP contribution >= 0.6 is 12.6 Å². The summed E-state index contributed by atoms with van der Waals surface area (Å²) in [5.74, 6) is 0.857. The van der Waals surface area contributed by atoms with Gasteiger partial charge in [-0.05, 0) is 44.4 Å². The maximum Gasteiger partial charge on any atom is 0.0284 e. The van der Waals surface area contributed by atoms with Gasteiger partial charge in [0.2, 0.25) is 0 Å². The Labute approximate surface area is 120 Å². The van der Waals surface area contributed by atoms with Gasteiger partial charge in [0.15, 0.2) is 0 Å². The second-order valence-corrected chi connectivity index (χ2v) is 7.88. The average Bonchev–Trinajstić information content (AvgIpc) is 2.35. The van der Waals surface area contributed by atoms with Crippen LogP contribution in [0, 0.1) is 11.3 Å². The quantitative estimate of drug-likeness (QED) is 0.441. The van der Waals surface area contributed by atoms with Crippen molar-refractivity contribution < 1.29 is 0 Å². The Morgan fingerprint density at radius 2 is 1.67 bits per heavy atom. The van der Waals surface area contributed by atoms with E-state index in [1.54, 1.807) is 0 Å². The molecule has 106 valence electrons. The van der Waals surface area contributed by atoms with E-state index in [0.717, 1.165) is 5.92 Å². The van der Waals surface area contributed by atoms with Crippen molar-refractivity contribution in [2.24, 2.45) is 11.3 Å². The fourth-order valence-electron chi connectivity index (χ4n) is 3.64. The Morgan fingerprint density at radius 3 is 2.06 bits per heavy atom. The lowest BCUT2D eigenvalue weighted by Crippen LogP contribution is -2.35. The van der Waals surface area contributed by atoms with Crippen molar-refractivity contribution in [2.45, 2.75) is 83.8 Å². The molecule has 0 aromatic carbocycles. The van der Waals surface area contributed by atoms with Gasteiger partial charge < -0.3 is 0 Å². The molecule has 0 N–H and O–H groups in total. The van der Waals surface area contributed by atoms with Gasteiger partial charge in [-0.1, -0.05) is 58.1 Å². The minimum absolute atomic E-state index is 0.0383. The molecule has 0 saturated heterocycles. The maximum atomic E-state index is 4.80. The predicted octanol–water partition coefficient (Wildman–Crippen LogP) is 6.03. The van der Waals surface area contributed by atoms with Crippen molar-refractivity contribution in [1.82, 2.24) is 0 Å². The second kappa shape index (κ2) is 6.50. The van der Waals surface area contributed by atoms with Gasteiger partial charge in [0, 0.05) is 4.75 Å². The topological polar surface area (TPSA) is 0 Å². The second-order valence-electron chi connectivity index (χ2n) is 6.77. The summed E-state index contributed by atoms with van der Waals surface area (Å²) in [7, 11) is 0. The zero-order valence-electron chi connectivity index (χ0n) is 12.9. The summed E-state index contributed by atoms with van der Waals surface area (Å²) < 4.78 is -0.0383. The van der Waals surface area contributed by atoms with Gasteiger partial charge in [-0.3, -0.25) is 0 Å². The van der Waals surface area contributed by atoms with Gasteiger partial charge in [-0.2, -0.15) is 12.6 Å². The van der Waals surface area contributed by atoms with Crippen LogP contribution in [0.2, 0.25) is 0 Å². The van der Waals surface area contributed by atoms with Crippen LogP contribution in [-0.4, -0.2) is 4.75 Å². The van der Waals surface area contributed by atoms with Gasteiger partial charge in [0.25, 0.3) is 0 Å². The van der Waals surface area contributed by atoms with E-state index in [9.17, 15) is 0 Å². The number of thiol groups is 1. The van der Waals surface area contributed by atoms with Crippen molar-refractivity contribution in [2.75, 3.05) is 0 Å². The first-order valence-electron chi connectivity index (χ1n) is 7.78. The molecule has 1 saturated carbocycles. The van der Waals surface area contributed by atoms with Crippen LogP contribution in [-0.2, 0) is 0 Å². The van der Waals surface area contributed by atoms with E-state index in [-0.39, 0.29) is 4.75 Å². The Balaban J connectivity index is 2.91. The van der Waals surface area contributed by atoms with Gasteiger partial charge in [0.05, 0.1) is 0 Å². The number of rotatable bonds is 6. The van der Waals surface area contributed by atoms with Crippen LogP contribution in [0.3, 0.4) is 0 Å². The third-order valence-corrected chi connectivity index (χ3v) is 5.29. The highest BCUT2D eigenvalue weighted by atomic mass is 32.1. The SMILES string of the molecule is C=C(C(C)(C)S)C1(CC(CC)CC)CCCCC1. The summed E-state index contributed by atoms with van der Waals surface area (Å²) in [4.78, 5) is 0. The fourth-order valence-corrected chi connectivity index (χ4v) is 3.87. The van der Waals surface area contributed by atoms with Crippen molar-refractivity contribution in [3.05, 3.63) is 12.2 Å². The van der Waals surface area contributed by atoms with Crippen LogP contribution in [0.15, 0.2) is 12.2 Å². The minimum atomic E-state index is -0.0383. The lowest BCUT2D eigenvalue weighted by atomic mass is 9.62. The van der Waals surface area contributed by atoms with Gasteiger partial charge in [-0.25, -0.2) is 0 Å². The number of hydrogen-bond donors (Lipinski definition) is 1. The molecule has 1 aliphatic carbocycles. The maximum absolute atomic E-state index is 4.80. The van der Waals surface area contributed by atoms with Crippen molar-refractivity contribution in [1.29, 1.82) is 0 Å². The van der Waals surface area contributed by atoms with E-state index in [4.69, 9.17) is 12.6 Å². The zero-order chi connectivity index (χ0) is 13.8. The fraction of sp³-hybridized carbons (Fsp3) is 0.882. The van der Waals surface area contributed by atoms with Crippen molar-refractivity contribution in [3.8, 4) is 0 Å². The highest BCUT2D eigenvalue weighted by Gasteiger charge is 2.40. The molecule has 0 unspecified atom stereocenters. The lowest BCUT2D eigenvalue weighted by molar-refractivity contribution is 0.172. The molecule has 1 fully saturated rings. The van der Waals surface area contributed by atoms with E-state index < -0.39 is 0 Å². The third-order valence-electron chi connectivity index (χ3n) is 5.02. The molecule has 0 aromatic rings. The highest BCUT2D eigenvalue weighted by Crippen LogP contribution is 2.51. The normalized spacial score (nSPS) is 20.1. The Kier molecular flexibility index (Phi) is 5.83. The summed E-state index contributed by atoms with van der Waals surface area (Å²) >= 11 is 4.80. The van der Waals surface area contributed by atoms with E-state index in [0.29, 0.717) is 5.41 Å². The molecule has 0 bridgehead atoms. The summed E-state index contributed by atoms with van der Waals surface area (Å²) in [6.07, 6.45) is 10.8. The van der Waals surface area contributed by atoms with Crippen molar-refractivity contribution in [3.63, 3.8) is 0 Å². The first-order chi connectivity index (χ1) is 8.35. The van der Waals surface area contributed by atoms with Crippen LogP contribution in [0.5, 0.6) is 0 Å². The van der Waals surface area contributed by atoms with Crippen molar-refractivity contribution >= 4 is 12.6 Å². The highest BCUT2D eigenvalue weighted by molar-refractivity contribution is 7.82. The summed E-state index contributed by atoms with van der Waals surface area (Å²) in [5, 5.41) is 0. The molecular formula is C17H32S. The molecule has 0 atom stereocenters. The molecule has 1 heteroatoms. The van der Waals surface area contributed by atoms with Crippen LogP contribution in [0.4, 0.5) is 0 Å². The first-order valence-corrected chi connectivity index (χ1v) is 8.22. The van der Waals surface area contributed by atoms with Crippen LogP contribution in [0.25, 0.3) is 0 Å². The molecule has 0 nitrogen and oxygen atoms in total. The van der Waals surface area contributed by atoms with Crippen LogP contribution in [0.1, 0.15) is 79.1 Å². The molecule has 0 heterocycles. The molecule has 0 aromatic heterocycles. The van der Waals surface area contributed by atoms with Crippen LogP contribution < -0.4 is 0 Å². The lowest BCUT2D eigenvalue weighted by Gasteiger charge is -2.45. The molecule has 0 radical (unpaired) electrons. The number of hydrogen-bond acceptors (Lipinski definition) is 1. The summed E-state index contributed by atoms with van der Waals surface area (Å²) in [6.45, 7) is 13.6. The molecule has 1 aliphatic rings. The third kappa shape index (κ3) is 3.79.